The van der Waals surface area contributed by atoms with Crippen LogP contribution in [-0.4, -0.2) is 27.3 Å². The van der Waals surface area contributed by atoms with Crippen LogP contribution in [0.2, 0.25) is 5.02 Å². The molecule has 6 heteroatoms. The van der Waals surface area contributed by atoms with E-state index >= 15 is 0 Å². The zero-order valence-corrected chi connectivity index (χ0v) is 16.5. The minimum Gasteiger partial charge on any atom is -0.443 e. The predicted octanol–water partition coefficient (Wildman–Crippen LogP) is 4.99. The Morgan fingerprint density at radius 1 is 1.25 bits per heavy atom. The number of oxazole rings is 1. The van der Waals surface area contributed by atoms with Crippen LogP contribution in [0.15, 0.2) is 53.2 Å². The van der Waals surface area contributed by atoms with E-state index in [4.69, 9.17) is 16.0 Å². The van der Waals surface area contributed by atoms with Crippen molar-refractivity contribution in [3.8, 4) is 0 Å². The number of aromatic nitrogens is 2. The lowest BCUT2D eigenvalue weighted by molar-refractivity contribution is 0.0563. The van der Waals surface area contributed by atoms with E-state index in [0.717, 1.165) is 36.1 Å². The van der Waals surface area contributed by atoms with Gasteiger partial charge < -0.3 is 9.32 Å². The number of rotatable bonds is 4. The zero-order valence-electron chi connectivity index (χ0n) is 15.8. The molecule has 1 atom stereocenters. The molecule has 1 aromatic carbocycles. The molecule has 0 saturated carbocycles. The smallest absolute Gasteiger partial charge is 0.273 e. The third kappa shape index (κ3) is 3.94. The summed E-state index contributed by atoms with van der Waals surface area (Å²) < 4.78 is 6.04. The predicted molar refractivity (Wildman–Crippen MR) is 107 cm³/mol. The number of amides is 1. The Kier molecular flexibility index (Phi) is 5.44. The third-order valence-electron chi connectivity index (χ3n) is 5.10. The quantitative estimate of drug-likeness (QED) is 0.624. The van der Waals surface area contributed by atoms with Gasteiger partial charge in [0.25, 0.3) is 5.91 Å². The Labute approximate surface area is 169 Å². The fourth-order valence-electron chi connectivity index (χ4n) is 3.68. The molecule has 3 heterocycles. The van der Waals surface area contributed by atoms with Gasteiger partial charge >= 0.3 is 0 Å². The minimum atomic E-state index is -0.157. The number of aryl methyl sites for hydroxylation is 1. The summed E-state index contributed by atoms with van der Waals surface area (Å²) in [6.45, 7) is 2.60. The lowest BCUT2D eigenvalue weighted by Crippen LogP contribution is -2.39. The van der Waals surface area contributed by atoms with Gasteiger partial charge in [-0.3, -0.25) is 9.78 Å². The van der Waals surface area contributed by atoms with Crippen molar-refractivity contribution in [3.05, 3.63) is 82.3 Å². The molecule has 1 saturated heterocycles. The van der Waals surface area contributed by atoms with Crippen molar-refractivity contribution in [3.63, 3.8) is 0 Å². The molecule has 28 heavy (non-hydrogen) atoms. The number of benzene rings is 1. The highest BCUT2D eigenvalue weighted by molar-refractivity contribution is 6.30. The first-order valence-corrected chi connectivity index (χ1v) is 9.91. The van der Waals surface area contributed by atoms with Crippen molar-refractivity contribution in [1.82, 2.24) is 14.9 Å². The molecule has 0 aliphatic carbocycles. The van der Waals surface area contributed by atoms with Crippen molar-refractivity contribution >= 4 is 17.5 Å². The van der Waals surface area contributed by atoms with Crippen molar-refractivity contribution in [2.75, 3.05) is 6.54 Å². The Hall–Kier alpha value is -2.66. The zero-order chi connectivity index (χ0) is 19.5. The van der Waals surface area contributed by atoms with E-state index in [0.29, 0.717) is 29.6 Å². The molecular weight excluding hydrogens is 374 g/mol. The van der Waals surface area contributed by atoms with Crippen LogP contribution in [0.5, 0.6) is 0 Å². The molecule has 4 rings (SSSR count). The largest absolute Gasteiger partial charge is 0.443 e. The Morgan fingerprint density at radius 3 is 2.96 bits per heavy atom. The lowest BCUT2D eigenvalue weighted by Gasteiger charge is -2.33. The Balaban J connectivity index is 1.56. The van der Waals surface area contributed by atoms with Gasteiger partial charge in [0.1, 0.15) is 17.5 Å². The molecule has 0 bridgehead atoms. The fraction of sp³-hybridized carbons (Fsp3) is 0.318. The third-order valence-corrected chi connectivity index (χ3v) is 5.33. The molecule has 1 fully saturated rings. The van der Waals surface area contributed by atoms with Gasteiger partial charge in [-0.15, -0.1) is 0 Å². The summed E-state index contributed by atoms with van der Waals surface area (Å²) >= 11 is 6.07. The van der Waals surface area contributed by atoms with E-state index in [9.17, 15) is 4.79 Å². The Morgan fingerprint density at radius 2 is 2.14 bits per heavy atom. The van der Waals surface area contributed by atoms with Gasteiger partial charge in [0.15, 0.2) is 0 Å². The van der Waals surface area contributed by atoms with Crippen molar-refractivity contribution in [2.24, 2.45) is 0 Å². The second-order valence-corrected chi connectivity index (χ2v) is 7.59. The summed E-state index contributed by atoms with van der Waals surface area (Å²) in [7, 11) is 0. The normalized spacial score (nSPS) is 16.9. The number of hydrogen-bond acceptors (Lipinski definition) is 4. The molecule has 0 spiro atoms. The van der Waals surface area contributed by atoms with E-state index in [1.807, 2.05) is 48.2 Å². The molecule has 0 N–H and O–H groups in total. The number of hydrogen-bond donors (Lipinski definition) is 0. The molecule has 1 amide bonds. The van der Waals surface area contributed by atoms with Crippen molar-refractivity contribution < 1.29 is 9.21 Å². The highest BCUT2D eigenvalue weighted by Gasteiger charge is 2.33. The number of halogens is 1. The number of carbonyl (C=O) groups excluding carboxylic acids is 1. The summed E-state index contributed by atoms with van der Waals surface area (Å²) in [6, 6.07) is 11.3. The van der Waals surface area contributed by atoms with Crippen molar-refractivity contribution in [2.45, 2.75) is 38.6 Å². The average molecular weight is 396 g/mol. The first-order valence-electron chi connectivity index (χ1n) is 9.53. The van der Waals surface area contributed by atoms with Gasteiger partial charge in [0.2, 0.25) is 5.89 Å². The maximum atomic E-state index is 13.1. The monoisotopic (exact) mass is 395 g/mol. The van der Waals surface area contributed by atoms with Crippen LogP contribution in [0.25, 0.3) is 0 Å². The molecule has 0 radical (unpaired) electrons. The SMILES string of the molecule is Cc1cccnc1C(=O)N1CCCC[C@@H]1c1ncc(Cc2cccc(Cl)c2)o1. The van der Waals surface area contributed by atoms with E-state index in [1.54, 1.807) is 12.4 Å². The molecular formula is C22H22ClN3O2. The summed E-state index contributed by atoms with van der Waals surface area (Å²) in [5.74, 6) is 1.31. The molecule has 3 aromatic rings. The maximum Gasteiger partial charge on any atom is 0.273 e. The number of pyridine rings is 1. The van der Waals surface area contributed by atoms with Crippen LogP contribution in [0, 0.1) is 6.92 Å². The first-order chi connectivity index (χ1) is 13.6. The van der Waals surface area contributed by atoms with Gasteiger partial charge in [-0.2, -0.15) is 0 Å². The van der Waals surface area contributed by atoms with Crippen LogP contribution in [0.1, 0.15) is 58.6 Å². The molecule has 1 aliphatic heterocycles. The lowest BCUT2D eigenvalue weighted by atomic mass is 10.0. The summed E-state index contributed by atoms with van der Waals surface area (Å²) in [5, 5.41) is 0.701. The van der Waals surface area contributed by atoms with E-state index < -0.39 is 0 Å². The number of piperidine rings is 1. The van der Waals surface area contributed by atoms with E-state index in [-0.39, 0.29) is 11.9 Å². The van der Waals surface area contributed by atoms with Gasteiger partial charge in [-0.05, 0) is 55.5 Å². The highest BCUT2D eigenvalue weighted by atomic mass is 35.5. The van der Waals surface area contributed by atoms with Crippen LogP contribution < -0.4 is 0 Å². The number of nitrogens with zero attached hydrogens (tertiary/aromatic N) is 3. The van der Waals surface area contributed by atoms with Gasteiger partial charge in [-0.25, -0.2) is 4.98 Å². The summed E-state index contributed by atoms with van der Waals surface area (Å²) in [6.07, 6.45) is 6.89. The van der Waals surface area contributed by atoms with Crippen molar-refractivity contribution in [1.29, 1.82) is 0 Å². The van der Waals surface area contributed by atoms with E-state index in [1.165, 1.54) is 0 Å². The van der Waals surface area contributed by atoms with Crippen LogP contribution in [-0.2, 0) is 6.42 Å². The summed E-state index contributed by atoms with van der Waals surface area (Å²) in [4.78, 5) is 23.8. The molecule has 0 unspecified atom stereocenters. The minimum absolute atomic E-state index is 0.0580. The molecule has 5 nitrogen and oxygen atoms in total. The second kappa shape index (κ2) is 8.15. The maximum absolute atomic E-state index is 13.1. The number of likely N-dealkylation sites (tertiary alicyclic amines) is 1. The number of carbonyl (C=O) groups is 1. The molecule has 1 aliphatic rings. The van der Waals surface area contributed by atoms with Crippen LogP contribution >= 0.6 is 11.6 Å². The summed E-state index contributed by atoms with van der Waals surface area (Å²) in [5.41, 5.74) is 2.45. The molecule has 2 aromatic heterocycles. The molecule has 144 valence electrons. The Bertz CT molecular complexity index is 985. The van der Waals surface area contributed by atoms with Gasteiger partial charge in [0, 0.05) is 24.2 Å². The first kappa shape index (κ1) is 18.7. The van der Waals surface area contributed by atoms with Crippen LogP contribution in [0.3, 0.4) is 0 Å². The average Bonchev–Trinajstić information content (AvgIpc) is 3.16. The van der Waals surface area contributed by atoms with Gasteiger partial charge in [0.05, 0.1) is 6.20 Å². The topological polar surface area (TPSA) is 59.2 Å². The van der Waals surface area contributed by atoms with Crippen LogP contribution in [0.4, 0.5) is 0 Å². The standard InChI is InChI=1S/C22H22ClN3O2/c1-15-6-5-10-24-20(15)22(27)26-11-3-2-9-19(26)21-25-14-18(28-21)13-16-7-4-8-17(23)12-16/h4-8,10,12,14,19H,2-3,9,11,13H2,1H3/t19-/m1/s1. The fourth-order valence-corrected chi connectivity index (χ4v) is 3.90. The van der Waals surface area contributed by atoms with Gasteiger partial charge in [-0.1, -0.05) is 29.8 Å². The van der Waals surface area contributed by atoms with E-state index in [2.05, 4.69) is 9.97 Å². The second-order valence-electron chi connectivity index (χ2n) is 7.15. The highest BCUT2D eigenvalue weighted by Crippen LogP contribution is 2.32.